The van der Waals surface area contributed by atoms with Gasteiger partial charge in [-0.3, -0.25) is 4.84 Å². The second-order valence-corrected chi connectivity index (χ2v) is 8.05. The molecule has 0 amide bonds. The lowest BCUT2D eigenvalue weighted by Crippen LogP contribution is -2.13. The highest BCUT2D eigenvalue weighted by atomic mass is 16.6. The summed E-state index contributed by atoms with van der Waals surface area (Å²) in [5.41, 5.74) is 8.57. The lowest BCUT2D eigenvalue weighted by atomic mass is 10.0. The van der Waals surface area contributed by atoms with Crippen LogP contribution in [0.1, 0.15) is 69.2 Å². The number of hydrogen-bond acceptors (Lipinski definition) is 3. The van der Waals surface area contributed by atoms with Gasteiger partial charge in [0.05, 0.1) is 6.61 Å². The number of hydrogen-bond donors (Lipinski definition) is 1. The second kappa shape index (κ2) is 11.6. The third-order valence-corrected chi connectivity index (χ3v) is 5.22. The van der Waals surface area contributed by atoms with Crippen molar-refractivity contribution in [3.63, 3.8) is 0 Å². The Bertz CT molecular complexity index is 899. The van der Waals surface area contributed by atoms with Crippen LogP contribution in [0.3, 0.4) is 0 Å². The lowest BCUT2D eigenvalue weighted by Gasteiger charge is -2.20. The molecule has 3 aromatic carbocycles. The maximum atomic E-state index is 6.36. The smallest absolute Gasteiger partial charge is 0.124 e. The predicted molar refractivity (Wildman–Crippen MR) is 127 cm³/mol. The SMILES string of the molecule is CCCC(Oc1ccc(-c2c#cc(C(C)C)cc2)cc1)c1ccc(CONCC)cc1. The van der Waals surface area contributed by atoms with Crippen LogP contribution in [0.2, 0.25) is 0 Å². The van der Waals surface area contributed by atoms with Crippen molar-refractivity contribution < 1.29 is 9.57 Å². The topological polar surface area (TPSA) is 30.5 Å². The number of hydroxylamine groups is 1. The van der Waals surface area contributed by atoms with E-state index in [9.17, 15) is 0 Å². The number of rotatable bonds is 11. The van der Waals surface area contributed by atoms with Gasteiger partial charge in [0.1, 0.15) is 11.9 Å². The zero-order chi connectivity index (χ0) is 22.1. The molecule has 0 bridgehead atoms. The molecule has 0 fully saturated rings. The number of ether oxygens (including phenoxy) is 1. The zero-order valence-corrected chi connectivity index (χ0v) is 19.1. The monoisotopic (exact) mass is 415 g/mol. The van der Waals surface area contributed by atoms with E-state index in [-0.39, 0.29) is 6.10 Å². The minimum absolute atomic E-state index is 0.0322. The van der Waals surface area contributed by atoms with Crippen molar-refractivity contribution in [2.75, 3.05) is 6.54 Å². The molecule has 0 aliphatic heterocycles. The third kappa shape index (κ3) is 6.59. The van der Waals surface area contributed by atoms with E-state index < -0.39 is 0 Å². The van der Waals surface area contributed by atoms with Gasteiger partial charge >= 0.3 is 0 Å². The Hall–Kier alpha value is -2.80. The van der Waals surface area contributed by atoms with Crippen molar-refractivity contribution in [1.29, 1.82) is 0 Å². The van der Waals surface area contributed by atoms with E-state index in [1.54, 1.807) is 0 Å². The molecule has 0 radical (unpaired) electrons. The van der Waals surface area contributed by atoms with Gasteiger partial charge in [-0.1, -0.05) is 82.6 Å². The molecule has 0 saturated carbocycles. The van der Waals surface area contributed by atoms with Crippen molar-refractivity contribution in [1.82, 2.24) is 5.48 Å². The van der Waals surface area contributed by atoms with E-state index >= 15 is 0 Å². The summed E-state index contributed by atoms with van der Waals surface area (Å²) in [4.78, 5) is 5.39. The lowest BCUT2D eigenvalue weighted by molar-refractivity contribution is 0.0313. The van der Waals surface area contributed by atoms with Gasteiger partial charge in [0.25, 0.3) is 0 Å². The minimum Gasteiger partial charge on any atom is -0.486 e. The first kappa shape index (κ1) is 22.9. The molecule has 1 N–H and O–H groups in total. The first-order chi connectivity index (χ1) is 15.1. The van der Waals surface area contributed by atoms with Crippen LogP contribution in [-0.2, 0) is 11.4 Å². The largest absolute Gasteiger partial charge is 0.486 e. The van der Waals surface area contributed by atoms with Crippen LogP contribution >= 0.6 is 0 Å². The maximum Gasteiger partial charge on any atom is 0.124 e. The van der Waals surface area contributed by atoms with Gasteiger partial charge in [-0.05, 0) is 53.3 Å². The Labute approximate surface area is 187 Å². The Morgan fingerprint density at radius 1 is 0.871 bits per heavy atom. The van der Waals surface area contributed by atoms with Crippen molar-refractivity contribution in [2.24, 2.45) is 0 Å². The van der Waals surface area contributed by atoms with Gasteiger partial charge in [-0.15, -0.1) is 0 Å². The molecular weight excluding hydrogens is 382 g/mol. The molecule has 3 aromatic rings. The molecule has 0 saturated heterocycles. The summed E-state index contributed by atoms with van der Waals surface area (Å²) in [5.74, 6) is 1.34. The van der Waals surface area contributed by atoms with Crippen molar-refractivity contribution in [3.05, 3.63) is 89.5 Å². The zero-order valence-electron chi connectivity index (χ0n) is 19.1. The fourth-order valence-electron chi connectivity index (χ4n) is 3.40. The molecule has 1 unspecified atom stereocenters. The fraction of sp³-hybridized carbons (Fsp3) is 0.357. The quantitative estimate of drug-likeness (QED) is 0.269. The molecule has 0 spiro atoms. The average molecular weight is 416 g/mol. The molecular formula is C28H33NO2. The third-order valence-electron chi connectivity index (χ3n) is 5.22. The summed E-state index contributed by atoms with van der Waals surface area (Å²) >= 11 is 0. The van der Waals surface area contributed by atoms with Crippen LogP contribution < -0.4 is 10.2 Å². The van der Waals surface area contributed by atoms with Gasteiger partial charge in [0.2, 0.25) is 0 Å². The van der Waals surface area contributed by atoms with Gasteiger partial charge in [-0.2, -0.15) is 0 Å². The fourth-order valence-corrected chi connectivity index (χ4v) is 3.40. The molecule has 0 heterocycles. The highest BCUT2D eigenvalue weighted by Gasteiger charge is 2.13. The Balaban J connectivity index is 1.67. The van der Waals surface area contributed by atoms with E-state index in [1.165, 1.54) is 11.1 Å². The first-order valence-electron chi connectivity index (χ1n) is 11.2. The van der Waals surface area contributed by atoms with Crippen molar-refractivity contribution in [2.45, 2.75) is 59.2 Å². The van der Waals surface area contributed by atoms with E-state index in [2.05, 4.69) is 86.9 Å². The van der Waals surface area contributed by atoms with E-state index in [4.69, 9.17) is 9.57 Å². The first-order valence-corrected chi connectivity index (χ1v) is 11.2. The van der Waals surface area contributed by atoms with Crippen LogP contribution in [-0.4, -0.2) is 6.54 Å². The molecule has 0 aliphatic carbocycles. The number of nitrogens with one attached hydrogen (secondary N) is 1. The van der Waals surface area contributed by atoms with Gasteiger partial charge < -0.3 is 4.74 Å². The standard InChI is InChI=1S/C28H33NO2/c1-5-7-28(26-10-8-22(9-11-26)20-30-29-6-2)31-27-18-16-25(17-19-27)24-14-12-23(13-15-24)21(3)4/h8-12,14,16-19,21,28-29H,5-7,20H2,1-4H3. The Morgan fingerprint density at radius 2 is 1.61 bits per heavy atom. The molecule has 0 aromatic heterocycles. The molecule has 0 aliphatic rings. The van der Waals surface area contributed by atoms with Crippen LogP contribution in [0, 0.1) is 12.1 Å². The molecule has 3 rings (SSSR count). The van der Waals surface area contributed by atoms with Gasteiger partial charge in [0.15, 0.2) is 0 Å². The summed E-state index contributed by atoms with van der Waals surface area (Å²) in [6.07, 6.45) is 2.06. The van der Waals surface area contributed by atoms with Crippen LogP contribution in [0.5, 0.6) is 5.75 Å². The number of benzene rings is 2. The maximum absolute atomic E-state index is 6.36. The van der Waals surface area contributed by atoms with Crippen molar-refractivity contribution in [3.8, 4) is 16.9 Å². The highest BCUT2D eigenvalue weighted by Crippen LogP contribution is 2.28. The van der Waals surface area contributed by atoms with Crippen LogP contribution in [0.25, 0.3) is 11.1 Å². The van der Waals surface area contributed by atoms with Gasteiger partial charge in [-0.25, -0.2) is 5.48 Å². The highest BCUT2D eigenvalue weighted by molar-refractivity contribution is 5.62. The molecule has 1 atom stereocenters. The summed E-state index contributed by atoms with van der Waals surface area (Å²) in [6.45, 7) is 9.89. The molecule has 3 heteroatoms. The summed E-state index contributed by atoms with van der Waals surface area (Å²) in [5, 5.41) is 0. The minimum atomic E-state index is 0.0322. The predicted octanol–water partition coefficient (Wildman–Crippen LogP) is 7.04. The van der Waals surface area contributed by atoms with Crippen LogP contribution in [0.4, 0.5) is 0 Å². The van der Waals surface area contributed by atoms with Crippen molar-refractivity contribution >= 4 is 0 Å². The normalized spacial score (nSPS) is 11.9. The van der Waals surface area contributed by atoms with E-state index in [1.807, 2.05) is 19.1 Å². The molecule has 31 heavy (non-hydrogen) atoms. The molecule has 3 nitrogen and oxygen atoms in total. The average Bonchev–Trinajstić information content (AvgIpc) is 2.80. The van der Waals surface area contributed by atoms with Crippen LogP contribution in [0.15, 0.2) is 60.7 Å². The van der Waals surface area contributed by atoms with Gasteiger partial charge in [0, 0.05) is 17.7 Å². The summed E-state index contributed by atoms with van der Waals surface area (Å²) in [6, 6.07) is 27.6. The van der Waals surface area contributed by atoms with E-state index in [0.29, 0.717) is 12.5 Å². The summed E-state index contributed by atoms with van der Waals surface area (Å²) in [7, 11) is 0. The molecule has 162 valence electrons. The second-order valence-electron chi connectivity index (χ2n) is 8.05. The summed E-state index contributed by atoms with van der Waals surface area (Å²) < 4.78 is 6.36. The Kier molecular flexibility index (Phi) is 8.53. The van der Waals surface area contributed by atoms with E-state index in [0.717, 1.165) is 41.8 Å². The Morgan fingerprint density at radius 3 is 2.19 bits per heavy atom.